The lowest BCUT2D eigenvalue weighted by molar-refractivity contribution is -0.123. The van der Waals surface area contributed by atoms with E-state index in [2.05, 4.69) is 11.4 Å². The molecule has 0 aliphatic heterocycles. The second-order valence-electron chi connectivity index (χ2n) is 5.39. The van der Waals surface area contributed by atoms with Crippen molar-refractivity contribution in [3.05, 3.63) is 65.0 Å². The molecule has 116 valence electrons. The average Bonchev–Trinajstić information content (AvgIpc) is 2.46. The Kier molecular flexibility index (Phi) is 5.15. The highest BCUT2D eigenvalue weighted by Gasteiger charge is 2.12. The molecule has 2 aromatic rings. The summed E-state index contributed by atoms with van der Waals surface area (Å²) >= 11 is 0. The van der Waals surface area contributed by atoms with Gasteiger partial charge in [0.05, 0.1) is 6.04 Å². The van der Waals surface area contributed by atoms with Gasteiger partial charge < -0.3 is 10.1 Å². The van der Waals surface area contributed by atoms with Crippen molar-refractivity contribution in [2.75, 3.05) is 6.61 Å². The van der Waals surface area contributed by atoms with Crippen molar-refractivity contribution in [1.29, 1.82) is 0 Å². The van der Waals surface area contributed by atoms with Crippen LogP contribution in [0.2, 0.25) is 0 Å². The number of benzene rings is 2. The van der Waals surface area contributed by atoms with Gasteiger partial charge in [0.2, 0.25) is 0 Å². The Morgan fingerprint density at radius 3 is 2.50 bits per heavy atom. The molecular formula is C18H20FNO2. The van der Waals surface area contributed by atoms with E-state index < -0.39 is 0 Å². The number of amides is 1. The van der Waals surface area contributed by atoms with E-state index in [-0.39, 0.29) is 24.4 Å². The fraction of sp³-hybridized carbons (Fsp3) is 0.278. The first-order valence-electron chi connectivity index (χ1n) is 7.20. The molecule has 2 rings (SSSR count). The number of halogens is 1. The van der Waals surface area contributed by atoms with Crippen LogP contribution >= 0.6 is 0 Å². The normalized spacial score (nSPS) is 11.8. The van der Waals surface area contributed by atoms with Crippen LogP contribution in [0.4, 0.5) is 4.39 Å². The summed E-state index contributed by atoms with van der Waals surface area (Å²) in [7, 11) is 0. The molecule has 0 spiro atoms. The maximum Gasteiger partial charge on any atom is 0.258 e. The average molecular weight is 301 g/mol. The first-order chi connectivity index (χ1) is 10.5. The minimum atomic E-state index is -0.333. The molecular weight excluding hydrogens is 281 g/mol. The van der Waals surface area contributed by atoms with Crippen LogP contribution in [0, 0.1) is 19.7 Å². The molecule has 4 heteroatoms. The summed E-state index contributed by atoms with van der Waals surface area (Å²) in [5, 5.41) is 2.90. The molecule has 0 saturated carbocycles. The van der Waals surface area contributed by atoms with Gasteiger partial charge in [-0.3, -0.25) is 4.79 Å². The van der Waals surface area contributed by atoms with Crippen LogP contribution in [0.15, 0.2) is 42.5 Å². The predicted octanol–water partition coefficient (Wildman–Crippen LogP) is 3.70. The molecule has 1 amide bonds. The SMILES string of the molecule is Cc1ccc([C@@H](C)NC(=O)COc2ccc(F)cc2)c(C)c1. The fourth-order valence-corrected chi connectivity index (χ4v) is 2.35. The van der Waals surface area contributed by atoms with E-state index in [0.29, 0.717) is 5.75 Å². The lowest BCUT2D eigenvalue weighted by Crippen LogP contribution is -2.31. The Balaban J connectivity index is 1.89. The van der Waals surface area contributed by atoms with Crippen LogP contribution in [-0.2, 0) is 4.79 Å². The van der Waals surface area contributed by atoms with Crippen LogP contribution in [0.3, 0.4) is 0 Å². The van der Waals surface area contributed by atoms with E-state index in [9.17, 15) is 9.18 Å². The molecule has 1 atom stereocenters. The molecule has 0 aliphatic carbocycles. The molecule has 3 nitrogen and oxygen atoms in total. The van der Waals surface area contributed by atoms with E-state index in [1.54, 1.807) is 0 Å². The van der Waals surface area contributed by atoms with Crippen molar-refractivity contribution in [2.24, 2.45) is 0 Å². The third-order valence-corrected chi connectivity index (χ3v) is 3.45. The van der Waals surface area contributed by atoms with E-state index in [4.69, 9.17) is 4.74 Å². The Morgan fingerprint density at radius 1 is 1.18 bits per heavy atom. The third-order valence-electron chi connectivity index (χ3n) is 3.45. The number of hydrogen-bond acceptors (Lipinski definition) is 2. The maximum atomic E-state index is 12.8. The molecule has 0 radical (unpaired) electrons. The summed E-state index contributed by atoms with van der Waals surface area (Å²) in [6, 6.07) is 11.6. The lowest BCUT2D eigenvalue weighted by atomic mass is 10.0. The second-order valence-corrected chi connectivity index (χ2v) is 5.39. The summed E-state index contributed by atoms with van der Waals surface area (Å²) in [5.41, 5.74) is 3.42. The summed E-state index contributed by atoms with van der Waals surface area (Å²) < 4.78 is 18.1. The van der Waals surface area contributed by atoms with Gasteiger partial charge in [0, 0.05) is 0 Å². The van der Waals surface area contributed by atoms with Gasteiger partial charge in [0.1, 0.15) is 11.6 Å². The number of hydrogen-bond donors (Lipinski definition) is 1. The number of nitrogens with one attached hydrogen (secondary N) is 1. The van der Waals surface area contributed by atoms with Crippen molar-refractivity contribution in [3.63, 3.8) is 0 Å². The maximum absolute atomic E-state index is 12.8. The van der Waals surface area contributed by atoms with Gasteiger partial charge in [-0.1, -0.05) is 23.8 Å². The summed E-state index contributed by atoms with van der Waals surface area (Å²) in [5.74, 6) is -0.0761. The van der Waals surface area contributed by atoms with Gasteiger partial charge in [-0.05, 0) is 56.2 Å². The molecule has 0 aromatic heterocycles. The first kappa shape index (κ1) is 16.0. The van der Waals surface area contributed by atoms with Crippen molar-refractivity contribution >= 4 is 5.91 Å². The van der Waals surface area contributed by atoms with Gasteiger partial charge in [-0.25, -0.2) is 4.39 Å². The minimum Gasteiger partial charge on any atom is -0.484 e. The number of carbonyl (C=O) groups is 1. The van der Waals surface area contributed by atoms with Crippen molar-refractivity contribution < 1.29 is 13.9 Å². The van der Waals surface area contributed by atoms with Crippen LogP contribution in [0.5, 0.6) is 5.75 Å². The Bertz CT molecular complexity index is 653. The molecule has 22 heavy (non-hydrogen) atoms. The number of carbonyl (C=O) groups excluding carboxylic acids is 1. The summed E-state index contributed by atoms with van der Waals surface area (Å²) in [6.45, 7) is 5.91. The molecule has 0 aliphatic rings. The Morgan fingerprint density at radius 2 is 1.86 bits per heavy atom. The molecule has 1 N–H and O–H groups in total. The highest BCUT2D eigenvalue weighted by Crippen LogP contribution is 2.18. The largest absolute Gasteiger partial charge is 0.484 e. The number of rotatable bonds is 5. The van der Waals surface area contributed by atoms with Crippen LogP contribution < -0.4 is 10.1 Å². The predicted molar refractivity (Wildman–Crippen MR) is 84.4 cm³/mol. The Labute approximate surface area is 130 Å². The molecule has 2 aromatic carbocycles. The smallest absolute Gasteiger partial charge is 0.258 e. The molecule has 0 heterocycles. The quantitative estimate of drug-likeness (QED) is 0.914. The highest BCUT2D eigenvalue weighted by molar-refractivity contribution is 5.78. The van der Waals surface area contributed by atoms with Crippen molar-refractivity contribution in [2.45, 2.75) is 26.8 Å². The van der Waals surface area contributed by atoms with E-state index >= 15 is 0 Å². The Hall–Kier alpha value is -2.36. The molecule has 0 saturated heterocycles. The van der Waals surface area contributed by atoms with Crippen molar-refractivity contribution in [3.8, 4) is 5.75 Å². The zero-order valence-electron chi connectivity index (χ0n) is 13.0. The monoisotopic (exact) mass is 301 g/mol. The van der Waals surface area contributed by atoms with E-state index in [1.165, 1.54) is 29.8 Å². The molecule has 0 bridgehead atoms. The first-order valence-corrected chi connectivity index (χ1v) is 7.20. The minimum absolute atomic E-state index is 0.0927. The van der Waals surface area contributed by atoms with Gasteiger partial charge in [0.15, 0.2) is 6.61 Å². The third kappa shape index (κ3) is 4.32. The van der Waals surface area contributed by atoms with Gasteiger partial charge in [-0.2, -0.15) is 0 Å². The van der Waals surface area contributed by atoms with Crippen molar-refractivity contribution in [1.82, 2.24) is 5.32 Å². The topological polar surface area (TPSA) is 38.3 Å². The summed E-state index contributed by atoms with van der Waals surface area (Å²) in [4.78, 5) is 11.9. The number of aryl methyl sites for hydroxylation is 2. The standard InChI is InChI=1S/C18H20FNO2/c1-12-4-9-17(13(2)10-12)14(3)20-18(21)11-22-16-7-5-15(19)6-8-16/h4-10,14H,11H2,1-3H3,(H,20,21)/t14-/m1/s1. The van der Waals surface area contributed by atoms with Gasteiger partial charge >= 0.3 is 0 Å². The van der Waals surface area contributed by atoms with Gasteiger partial charge in [-0.15, -0.1) is 0 Å². The zero-order valence-corrected chi connectivity index (χ0v) is 13.0. The van der Waals surface area contributed by atoms with Crippen LogP contribution in [0.25, 0.3) is 0 Å². The lowest BCUT2D eigenvalue weighted by Gasteiger charge is -2.17. The van der Waals surface area contributed by atoms with Crippen LogP contribution in [-0.4, -0.2) is 12.5 Å². The highest BCUT2D eigenvalue weighted by atomic mass is 19.1. The molecule has 0 fully saturated rings. The molecule has 0 unspecified atom stereocenters. The van der Waals surface area contributed by atoms with E-state index in [0.717, 1.165) is 11.1 Å². The summed E-state index contributed by atoms with van der Waals surface area (Å²) in [6.07, 6.45) is 0. The van der Waals surface area contributed by atoms with Crippen LogP contribution in [0.1, 0.15) is 29.7 Å². The zero-order chi connectivity index (χ0) is 16.1. The number of ether oxygens (including phenoxy) is 1. The van der Waals surface area contributed by atoms with E-state index in [1.807, 2.05) is 32.9 Å². The van der Waals surface area contributed by atoms with Gasteiger partial charge in [0.25, 0.3) is 5.91 Å². The second kappa shape index (κ2) is 7.07. The fourth-order valence-electron chi connectivity index (χ4n) is 2.35.